The third kappa shape index (κ3) is 5.22. The number of aliphatic imine (C=N–C) groups is 1. The highest BCUT2D eigenvalue weighted by Gasteiger charge is 2.15. The number of benzene rings is 1. The highest BCUT2D eigenvalue weighted by molar-refractivity contribution is 5.80. The fourth-order valence-corrected chi connectivity index (χ4v) is 2.45. The van der Waals surface area contributed by atoms with Gasteiger partial charge in [0.05, 0.1) is 13.2 Å². The van der Waals surface area contributed by atoms with E-state index in [2.05, 4.69) is 29.3 Å². The van der Waals surface area contributed by atoms with Crippen molar-refractivity contribution in [1.82, 2.24) is 10.2 Å². The molecular weight excluding hydrogens is 278 g/mol. The molecular formula is C17H27N3O2. The lowest BCUT2D eigenvalue weighted by molar-refractivity contribution is 0.146. The van der Waals surface area contributed by atoms with Gasteiger partial charge < -0.3 is 19.7 Å². The minimum absolute atomic E-state index is 0.577. The summed E-state index contributed by atoms with van der Waals surface area (Å²) in [4.78, 5) is 7.08. The molecule has 0 aromatic heterocycles. The second-order valence-electron chi connectivity index (χ2n) is 5.35. The number of rotatable bonds is 7. The summed E-state index contributed by atoms with van der Waals surface area (Å²) in [6.45, 7) is 7.11. The third-order valence-electron chi connectivity index (χ3n) is 3.63. The number of ether oxygens (including phenoxy) is 2. The molecule has 0 aliphatic carbocycles. The first-order valence-corrected chi connectivity index (χ1v) is 8.07. The molecule has 0 bridgehead atoms. The van der Waals surface area contributed by atoms with Crippen molar-refractivity contribution in [3.63, 3.8) is 0 Å². The summed E-state index contributed by atoms with van der Waals surface area (Å²) in [6, 6.07) is 8.12. The Balaban J connectivity index is 1.89. The van der Waals surface area contributed by atoms with Crippen molar-refractivity contribution in [2.75, 3.05) is 40.0 Å². The van der Waals surface area contributed by atoms with Crippen LogP contribution in [0.5, 0.6) is 5.75 Å². The zero-order valence-corrected chi connectivity index (χ0v) is 13.7. The maximum atomic E-state index is 5.57. The van der Waals surface area contributed by atoms with Crippen molar-refractivity contribution in [3.8, 4) is 5.75 Å². The quantitative estimate of drug-likeness (QED) is 0.477. The van der Waals surface area contributed by atoms with Gasteiger partial charge in [-0.25, -0.2) is 4.99 Å². The fraction of sp³-hybridized carbons (Fsp3) is 0.588. The van der Waals surface area contributed by atoms with Gasteiger partial charge in [0.25, 0.3) is 0 Å². The Kier molecular flexibility index (Phi) is 7.03. The smallest absolute Gasteiger partial charge is 0.194 e. The monoisotopic (exact) mass is 305 g/mol. The van der Waals surface area contributed by atoms with E-state index in [1.54, 1.807) is 7.11 Å². The Bertz CT molecular complexity index is 453. The average Bonchev–Trinajstić information content (AvgIpc) is 3.07. The van der Waals surface area contributed by atoms with E-state index < -0.39 is 0 Å². The number of nitrogens with one attached hydrogen (secondary N) is 1. The Labute approximate surface area is 133 Å². The van der Waals surface area contributed by atoms with Crippen LogP contribution >= 0.6 is 0 Å². The summed E-state index contributed by atoms with van der Waals surface area (Å²) in [5.74, 6) is 1.90. The molecule has 0 spiro atoms. The van der Waals surface area contributed by atoms with Crippen LogP contribution in [-0.2, 0) is 11.3 Å². The van der Waals surface area contributed by atoms with Gasteiger partial charge >= 0.3 is 0 Å². The molecule has 0 atom stereocenters. The van der Waals surface area contributed by atoms with Crippen LogP contribution in [0.25, 0.3) is 0 Å². The van der Waals surface area contributed by atoms with Gasteiger partial charge in [0.2, 0.25) is 0 Å². The van der Waals surface area contributed by atoms with E-state index >= 15 is 0 Å². The number of nitrogens with zero attached hydrogens (tertiary/aromatic N) is 2. The Hall–Kier alpha value is -1.75. The predicted molar refractivity (Wildman–Crippen MR) is 89.4 cm³/mol. The first-order chi connectivity index (χ1) is 10.8. The second kappa shape index (κ2) is 9.30. The molecule has 122 valence electrons. The predicted octanol–water partition coefficient (Wildman–Crippen LogP) is 2.27. The van der Waals surface area contributed by atoms with Gasteiger partial charge in [-0.15, -0.1) is 0 Å². The van der Waals surface area contributed by atoms with Crippen molar-refractivity contribution in [2.24, 2.45) is 4.99 Å². The number of guanidine groups is 1. The highest BCUT2D eigenvalue weighted by atomic mass is 16.5. The van der Waals surface area contributed by atoms with Crippen LogP contribution in [0.2, 0.25) is 0 Å². The molecule has 5 heteroatoms. The fourth-order valence-electron chi connectivity index (χ4n) is 2.45. The Morgan fingerprint density at radius 3 is 2.55 bits per heavy atom. The van der Waals surface area contributed by atoms with Gasteiger partial charge in [0.1, 0.15) is 12.4 Å². The topological polar surface area (TPSA) is 46.1 Å². The molecule has 1 heterocycles. The minimum atomic E-state index is 0.577. The summed E-state index contributed by atoms with van der Waals surface area (Å²) >= 11 is 0. The Morgan fingerprint density at radius 2 is 1.91 bits per heavy atom. The largest absolute Gasteiger partial charge is 0.491 e. The minimum Gasteiger partial charge on any atom is -0.491 e. The zero-order valence-electron chi connectivity index (χ0n) is 13.7. The number of likely N-dealkylation sites (tertiary alicyclic amines) is 1. The van der Waals surface area contributed by atoms with Crippen LogP contribution in [0.4, 0.5) is 0 Å². The van der Waals surface area contributed by atoms with E-state index in [9.17, 15) is 0 Å². The molecule has 1 aliphatic heterocycles. The number of hydrogen-bond donors (Lipinski definition) is 1. The SMILES string of the molecule is CCNC(=NCc1ccc(OCCOC)cc1)N1CCCC1. The molecule has 1 saturated heterocycles. The molecule has 0 unspecified atom stereocenters. The average molecular weight is 305 g/mol. The summed E-state index contributed by atoms with van der Waals surface area (Å²) in [5, 5.41) is 3.38. The molecule has 1 aromatic rings. The van der Waals surface area contributed by atoms with Gasteiger partial charge in [-0.05, 0) is 37.5 Å². The summed E-state index contributed by atoms with van der Waals surface area (Å²) in [5.41, 5.74) is 1.19. The normalized spacial score (nSPS) is 15.2. The molecule has 1 aromatic carbocycles. The lowest BCUT2D eigenvalue weighted by Crippen LogP contribution is -2.39. The molecule has 2 rings (SSSR count). The lowest BCUT2D eigenvalue weighted by atomic mass is 10.2. The van der Waals surface area contributed by atoms with Gasteiger partial charge in [0.15, 0.2) is 5.96 Å². The molecule has 5 nitrogen and oxygen atoms in total. The van der Waals surface area contributed by atoms with Crippen LogP contribution in [0.1, 0.15) is 25.3 Å². The number of hydrogen-bond acceptors (Lipinski definition) is 3. The standard InChI is InChI=1S/C17H27N3O2/c1-3-18-17(20-10-4-5-11-20)19-14-15-6-8-16(9-7-15)22-13-12-21-2/h6-9H,3-5,10-14H2,1-2H3,(H,18,19). The maximum absolute atomic E-state index is 5.57. The van der Waals surface area contributed by atoms with Crippen molar-refractivity contribution < 1.29 is 9.47 Å². The van der Waals surface area contributed by atoms with Crippen LogP contribution in [0, 0.1) is 0 Å². The molecule has 0 radical (unpaired) electrons. The summed E-state index contributed by atoms with van der Waals surface area (Å²) in [6.07, 6.45) is 2.52. The lowest BCUT2D eigenvalue weighted by Gasteiger charge is -2.20. The first-order valence-electron chi connectivity index (χ1n) is 8.07. The second-order valence-corrected chi connectivity index (χ2v) is 5.35. The van der Waals surface area contributed by atoms with Gasteiger partial charge in [-0.2, -0.15) is 0 Å². The van der Waals surface area contributed by atoms with E-state index in [0.717, 1.165) is 31.3 Å². The number of methoxy groups -OCH3 is 1. The van der Waals surface area contributed by atoms with Crippen LogP contribution in [0.3, 0.4) is 0 Å². The van der Waals surface area contributed by atoms with E-state index in [-0.39, 0.29) is 0 Å². The van der Waals surface area contributed by atoms with Gasteiger partial charge in [0, 0.05) is 26.7 Å². The van der Waals surface area contributed by atoms with Crippen LogP contribution < -0.4 is 10.1 Å². The summed E-state index contributed by atoms with van der Waals surface area (Å²) < 4.78 is 10.5. The summed E-state index contributed by atoms with van der Waals surface area (Å²) in [7, 11) is 1.67. The first kappa shape index (κ1) is 16.6. The third-order valence-corrected chi connectivity index (χ3v) is 3.63. The maximum Gasteiger partial charge on any atom is 0.194 e. The highest BCUT2D eigenvalue weighted by Crippen LogP contribution is 2.13. The van der Waals surface area contributed by atoms with E-state index in [0.29, 0.717) is 19.8 Å². The van der Waals surface area contributed by atoms with Crippen LogP contribution in [0.15, 0.2) is 29.3 Å². The van der Waals surface area contributed by atoms with E-state index in [4.69, 9.17) is 14.5 Å². The molecule has 1 aliphatic rings. The van der Waals surface area contributed by atoms with Crippen LogP contribution in [-0.4, -0.2) is 50.8 Å². The molecule has 1 fully saturated rings. The van der Waals surface area contributed by atoms with Crippen molar-refractivity contribution in [1.29, 1.82) is 0 Å². The molecule has 22 heavy (non-hydrogen) atoms. The molecule has 0 amide bonds. The molecule has 0 saturated carbocycles. The van der Waals surface area contributed by atoms with E-state index in [1.165, 1.54) is 18.4 Å². The van der Waals surface area contributed by atoms with Gasteiger partial charge in [-0.1, -0.05) is 12.1 Å². The van der Waals surface area contributed by atoms with Crippen molar-refractivity contribution in [2.45, 2.75) is 26.3 Å². The zero-order chi connectivity index (χ0) is 15.6. The molecule has 1 N–H and O–H groups in total. The van der Waals surface area contributed by atoms with E-state index in [1.807, 2.05) is 12.1 Å². The Morgan fingerprint density at radius 1 is 1.18 bits per heavy atom. The van der Waals surface area contributed by atoms with Crippen molar-refractivity contribution in [3.05, 3.63) is 29.8 Å². The van der Waals surface area contributed by atoms with Gasteiger partial charge in [-0.3, -0.25) is 0 Å². The van der Waals surface area contributed by atoms with Crippen molar-refractivity contribution >= 4 is 5.96 Å².